The Balaban J connectivity index is 2.37. The van der Waals surface area contributed by atoms with E-state index in [4.69, 9.17) is 10.5 Å². The van der Waals surface area contributed by atoms with Gasteiger partial charge >= 0.3 is 5.97 Å². The van der Waals surface area contributed by atoms with Gasteiger partial charge in [-0.3, -0.25) is 4.79 Å². The minimum atomic E-state index is -0.154. The molecule has 80 valence electrons. The number of hydrogen-bond donors (Lipinski definition) is 1. The van der Waals surface area contributed by atoms with E-state index in [2.05, 4.69) is 6.07 Å². The number of carbonyl (C=O) groups is 1. The number of nitrogens with two attached hydrogens (primary N) is 1. The molecule has 0 bridgehead atoms. The Kier molecular flexibility index (Phi) is 2.73. The van der Waals surface area contributed by atoms with E-state index in [1.54, 1.807) is 0 Å². The van der Waals surface area contributed by atoms with E-state index in [1.165, 1.54) is 12.7 Å². The molecule has 0 radical (unpaired) electrons. The largest absolute Gasteiger partial charge is 0.469 e. The Bertz CT molecular complexity index is 376. The first-order valence-electron chi connectivity index (χ1n) is 5.14. The van der Waals surface area contributed by atoms with Crippen LogP contribution in [0.1, 0.15) is 29.4 Å². The highest BCUT2D eigenvalue weighted by Gasteiger charge is 2.34. The standard InChI is InChI=1S/C12H15NO2/c1-15-12(14)11-6-8(7-13)9-4-2-3-5-10(9)11/h2-5,8,11H,6-7,13H2,1H3. The van der Waals surface area contributed by atoms with E-state index >= 15 is 0 Å². The second kappa shape index (κ2) is 4.03. The van der Waals surface area contributed by atoms with Crippen molar-refractivity contribution in [1.29, 1.82) is 0 Å². The van der Waals surface area contributed by atoms with E-state index < -0.39 is 0 Å². The third-order valence-electron chi connectivity index (χ3n) is 3.10. The Hall–Kier alpha value is -1.35. The first kappa shape index (κ1) is 10.2. The van der Waals surface area contributed by atoms with Gasteiger partial charge in [-0.15, -0.1) is 0 Å². The maximum atomic E-state index is 11.6. The number of fused-ring (bicyclic) bond motifs is 1. The van der Waals surface area contributed by atoms with Crippen molar-refractivity contribution in [3.63, 3.8) is 0 Å². The topological polar surface area (TPSA) is 52.3 Å². The molecule has 0 amide bonds. The summed E-state index contributed by atoms with van der Waals surface area (Å²) < 4.78 is 4.80. The molecular weight excluding hydrogens is 190 g/mol. The second-order valence-electron chi connectivity index (χ2n) is 3.87. The van der Waals surface area contributed by atoms with Gasteiger partial charge in [-0.1, -0.05) is 24.3 Å². The zero-order valence-electron chi connectivity index (χ0n) is 8.77. The van der Waals surface area contributed by atoms with Crippen molar-refractivity contribution in [2.45, 2.75) is 18.3 Å². The first-order valence-corrected chi connectivity index (χ1v) is 5.14. The fraction of sp³-hybridized carbons (Fsp3) is 0.417. The van der Waals surface area contributed by atoms with Gasteiger partial charge in [0.05, 0.1) is 13.0 Å². The molecule has 0 spiro atoms. The molecule has 1 aromatic rings. The summed E-state index contributed by atoms with van der Waals surface area (Å²) in [5.74, 6) is 0.0171. The Morgan fingerprint density at radius 1 is 1.47 bits per heavy atom. The molecule has 3 nitrogen and oxygen atoms in total. The van der Waals surface area contributed by atoms with Crippen molar-refractivity contribution in [3.8, 4) is 0 Å². The predicted octanol–water partition coefficient (Wildman–Crippen LogP) is 1.39. The number of ether oxygens (including phenoxy) is 1. The summed E-state index contributed by atoms with van der Waals surface area (Å²) in [7, 11) is 1.43. The monoisotopic (exact) mass is 205 g/mol. The molecule has 2 unspecified atom stereocenters. The third kappa shape index (κ3) is 1.63. The number of rotatable bonds is 2. The lowest BCUT2D eigenvalue weighted by atomic mass is 10.0. The molecule has 3 heteroatoms. The highest BCUT2D eigenvalue weighted by atomic mass is 16.5. The van der Waals surface area contributed by atoms with Crippen molar-refractivity contribution in [1.82, 2.24) is 0 Å². The summed E-state index contributed by atoms with van der Waals surface area (Å²) in [5, 5.41) is 0. The maximum absolute atomic E-state index is 11.6. The van der Waals surface area contributed by atoms with E-state index in [0.717, 1.165) is 12.0 Å². The van der Waals surface area contributed by atoms with Gasteiger partial charge in [0.1, 0.15) is 0 Å². The van der Waals surface area contributed by atoms with Crippen LogP contribution in [0.5, 0.6) is 0 Å². The second-order valence-corrected chi connectivity index (χ2v) is 3.87. The number of methoxy groups -OCH3 is 1. The Morgan fingerprint density at radius 2 is 2.13 bits per heavy atom. The highest BCUT2D eigenvalue weighted by molar-refractivity contribution is 5.80. The Morgan fingerprint density at radius 3 is 2.73 bits per heavy atom. The fourth-order valence-corrected chi connectivity index (χ4v) is 2.33. The van der Waals surface area contributed by atoms with Crippen LogP contribution >= 0.6 is 0 Å². The molecular formula is C12H15NO2. The molecule has 2 atom stereocenters. The van der Waals surface area contributed by atoms with Gasteiger partial charge in [-0.2, -0.15) is 0 Å². The van der Waals surface area contributed by atoms with Crippen LogP contribution in [0.4, 0.5) is 0 Å². The van der Waals surface area contributed by atoms with Crippen LogP contribution in [0.25, 0.3) is 0 Å². The molecule has 0 saturated carbocycles. The lowest BCUT2D eigenvalue weighted by molar-refractivity contribution is -0.142. The average Bonchev–Trinajstić information content (AvgIpc) is 2.67. The van der Waals surface area contributed by atoms with Crippen molar-refractivity contribution in [2.75, 3.05) is 13.7 Å². The zero-order valence-corrected chi connectivity index (χ0v) is 8.77. The molecule has 0 aliphatic heterocycles. The van der Waals surface area contributed by atoms with Crippen LogP contribution in [0.3, 0.4) is 0 Å². The molecule has 2 rings (SSSR count). The molecule has 2 N–H and O–H groups in total. The van der Waals surface area contributed by atoms with Crippen LogP contribution in [-0.4, -0.2) is 19.6 Å². The average molecular weight is 205 g/mol. The predicted molar refractivity (Wildman–Crippen MR) is 57.6 cm³/mol. The van der Waals surface area contributed by atoms with Gasteiger partial charge < -0.3 is 10.5 Å². The smallest absolute Gasteiger partial charge is 0.313 e. The number of carbonyl (C=O) groups excluding carboxylic acids is 1. The van der Waals surface area contributed by atoms with Gasteiger partial charge in [0.2, 0.25) is 0 Å². The lowest BCUT2D eigenvalue weighted by Gasteiger charge is -2.08. The summed E-state index contributed by atoms with van der Waals surface area (Å²) in [6, 6.07) is 7.98. The third-order valence-corrected chi connectivity index (χ3v) is 3.10. The quantitative estimate of drug-likeness (QED) is 0.742. The Labute approximate surface area is 89.2 Å². The van der Waals surface area contributed by atoms with E-state index in [0.29, 0.717) is 12.5 Å². The van der Waals surface area contributed by atoms with Crippen LogP contribution in [0, 0.1) is 0 Å². The van der Waals surface area contributed by atoms with Gasteiger partial charge in [-0.25, -0.2) is 0 Å². The molecule has 15 heavy (non-hydrogen) atoms. The van der Waals surface area contributed by atoms with Crippen molar-refractivity contribution < 1.29 is 9.53 Å². The summed E-state index contributed by atoms with van der Waals surface area (Å²) in [6.07, 6.45) is 0.780. The molecule has 0 heterocycles. The number of hydrogen-bond acceptors (Lipinski definition) is 3. The van der Waals surface area contributed by atoms with Crippen molar-refractivity contribution in [2.24, 2.45) is 5.73 Å². The summed E-state index contributed by atoms with van der Waals surface area (Å²) in [4.78, 5) is 11.6. The fourth-order valence-electron chi connectivity index (χ4n) is 2.33. The number of esters is 1. The summed E-state index contributed by atoms with van der Waals surface area (Å²) >= 11 is 0. The molecule has 0 aromatic heterocycles. The van der Waals surface area contributed by atoms with Gasteiger partial charge in [-0.05, 0) is 30.0 Å². The van der Waals surface area contributed by atoms with Crippen LogP contribution in [-0.2, 0) is 9.53 Å². The molecule has 1 aliphatic rings. The van der Waals surface area contributed by atoms with Gasteiger partial charge in [0.25, 0.3) is 0 Å². The van der Waals surface area contributed by atoms with Crippen LogP contribution < -0.4 is 5.73 Å². The van der Waals surface area contributed by atoms with E-state index in [-0.39, 0.29) is 11.9 Å². The lowest BCUT2D eigenvalue weighted by Crippen LogP contribution is -2.13. The van der Waals surface area contributed by atoms with Gasteiger partial charge in [0.15, 0.2) is 0 Å². The van der Waals surface area contributed by atoms with Crippen molar-refractivity contribution in [3.05, 3.63) is 35.4 Å². The van der Waals surface area contributed by atoms with Crippen LogP contribution in [0.15, 0.2) is 24.3 Å². The molecule has 1 aromatic carbocycles. The normalized spacial score (nSPS) is 23.6. The number of benzene rings is 1. The summed E-state index contributed by atoms with van der Waals surface area (Å²) in [5.41, 5.74) is 7.99. The first-order chi connectivity index (χ1) is 7.27. The minimum absolute atomic E-state index is 0.125. The van der Waals surface area contributed by atoms with Crippen LogP contribution in [0.2, 0.25) is 0 Å². The zero-order chi connectivity index (χ0) is 10.8. The van der Waals surface area contributed by atoms with E-state index in [9.17, 15) is 4.79 Å². The summed E-state index contributed by atoms with van der Waals surface area (Å²) in [6.45, 7) is 0.588. The SMILES string of the molecule is COC(=O)C1CC(CN)c2ccccc21. The maximum Gasteiger partial charge on any atom is 0.313 e. The van der Waals surface area contributed by atoms with Crippen molar-refractivity contribution >= 4 is 5.97 Å². The minimum Gasteiger partial charge on any atom is -0.469 e. The molecule has 0 fully saturated rings. The van der Waals surface area contributed by atoms with E-state index in [1.807, 2.05) is 18.2 Å². The molecule has 0 saturated heterocycles. The highest BCUT2D eigenvalue weighted by Crippen LogP contribution is 2.41. The van der Waals surface area contributed by atoms with Gasteiger partial charge in [0, 0.05) is 0 Å². The molecule has 1 aliphatic carbocycles.